The summed E-state index contributed by atoms with van der Waals surface area (Å²) in [6.45, 7) is 5.51. The minimum atomic E-state index is -3.82. The second kappa shape index (κ2) is 7.24. The number of anilines is 2. The van der Waals surface area contributed by atoms with Crippen LogP contribution in [0.2, 0.25) is 0 Å². The van der Waals surface area contributed by atoms with Crippen molar-refractivity contribution in [3.63, 3.8) is 0 Å². The normalized spacial score (nSPS) is 11.2. The van der Waals surface area contributed by atoms with E-state index in [1.54, 1.807) is 6.92 Å². The van der Waals surface area contributed by atoms with Crippen LogP contribution in [0, 0.1) is 20.8 Å². The first kappa shape index (κ1) is 18.7. The molecule has 0 atom stereocenters. The monoisotopic (exact) mass is 385 g/mol. The Balaban J connectivity index is 1.76. The summed E-state index contributed by atoms with van der Waals surface area (Å²) in [4.78, 5) is 12.5. The molecule has 1 heterocycles. The van der Waals surface area contributed by atoms with E-state index in [-0.39, 0.29) is 16.6 Å². The Bertz CT molecular complexity index is 1090. The number of amides is 1. The number of carbonyl (C=O) groups excluding carboxylic acids is 1. The summed E-state index contributed by atoms with van der Waals surface area (Å²) >= 11 is 0. The summed E-state index contributed by atoms with van der Waals surface area (Å²) in [5, 5.41) is 6.45. The average Bonchev–Trinajstić information content (AvgIpc) is 3.02. The molecule has 0 unspecified atom stereocenters. The van der Waals surface area contributed by atoms with Crippen molar-refractivity contribution in [2.24, 2.45) is 0 Å². The van der Waals surface area contributed by atoms with Crippen LogP contribution < -0.4 is 10.0 Å². The van der Waals surface area contributed by atoms with Gasteiger partial charge in [-0.2, -0.15) is 0 Å². The molecule has 3 rings (SSSR count). The zero-order chi connectivity index (χ0) is 19.6. The van der Waals surface area contributed by atoms with Crippen molar-refractivity contribution >= 4 is 27.4 Å². The minimum Gasteiger partial charge on any atom is -0.360 e. The molecule has 8 heteroatoms. The van der Waals surface area contributed by atoms with Crippen molar-refractivity contribution in [3.05, 3.63) is 71.0 Å². The van der Waals surface area contributed by atoms with Gasteiger partial charge in [-0.25, -0.2) is 8.42 Å². The lowest BCUT2D eigenvalue weighted by Crippen LogP contribution is -2.15. The van der Waals surface area contributed by atoms with Gasteiger partial charge in [0, 0.05) is 17.3 Å². The highest BCUT2D eigenvalue weighted by Gasteiger charge is 2.17. The van der Waals surface area contributed by atoms with E-state index in [4.69, 9.17) is 4.52 Å². The first-order valence-electron chi connectivity index (χ1n) is 8.19. The molecule has 2 N–H and O–H groups in total. The fraction of sp³-hybridized carbons (Fsp3) is 0.158. The Morgan fingerprint density at radius 2 is 1.70 bits per heavy atom. The average molecular weight is 385 g/mol. The Morgan fingerprint density at radius 3 is 2.33 bits per heavy atom. The number of hydrogen-bond acceptors (Lipinski definition) is 5. The van der Waals surface area contributed by atoms with Crippen LogP contribution in [-0.4, -0.2) is 19.5 Å². The van der Waals surface area contributed by atoms with E-state index in [0.29, 0.717) is 11.3 Å². The molecule has 7 nitrogen and oxygen atoms in total. The predicted molar refractivity (Wildman–Crippen MR) is 102 cm³/mol. The second-order valence-corrected chi connectivity index (χ2v) is 7.91. The maximum absolute atomic E-state index is 12.4. The van der Waals surface area contributed by atoms with Gasteiger partial charge in [0.05, 0.1) is 4.90 Å². The van der Waals surface area contributed by atoms with Crippen LogP contribution >= 0.6 is 0 Å². The van der Waals surface area contributed by atoms with Crippen LogP contribution in [0.5, 0.6) is 0 Å². The SMILES string of the molecule is Cc1ccc(C)c(NC(=O)c2ccc(S(=O)(=O)Nc3cc(C)on3)cc2)c1. The predicted octanol–water partition coefficient (Wildman–Crippen LogP) is 3.65. The number of aromatic nitrogens is 1. The van der Waals surface area contributed by atoms with Crippen molar-refractivity contribution in [2.45, 2.75) is 25.7 Å². The van der Waals surface area contributed by atoms with E-state index in [0.717, 1.165) is 16.8 Å². The van der Waals surface area contributed by atoms with Gasteiger partial charge < -0.3 is 9.84 Å². The fourth-order valence-electron chi connectivity index (χ4n) is 2.46. The van der Waals surface area contributed by atoms with E-state index < -0.39 is 10.0 Å². The number of sulfonamides is 1. The minimum absolute atomic E-state index is 0.0199. The maximum Gasteiger partial charge on any atom is 0.263 e. The highest BCUT2D eigenvalue weighted by Crippen LogP contribution is 2.19. The van der Waals surface area contributed by atoms with Gasteiger partial charge >= 0.3 is 0 Å². The molecule has 0 saturated heterocycles. The molecule has 3 aromatic rings. The van der Waals surface area contributed by atoms with Gasteiger partial charge in [0.15, 0.2) is 5.82 Å². The lowest BCUT2D eigenvalue weighted by atomic mass is 10.1. The lowest BCUT2D eigenvalue weighted by Gasteiger charge is -2.10. The zero-order valence-electron chi connectivity index (χ0n) is 15.1. The Kier molecular flexibility index (Phi) is 5.00. The Morgan fingerprint density at radius 1 is 1.00 bits per heavy atom. The van der Waals surface area contributed by atoms with Crippen LogP contribution in [0.25, 0.3) is 0 Å². The largest absolute Gasteiger partial charge is 0.360 e. The van der Waals surface area contributed by atoms with Crippen LogP contribution in [0.15, 0.2) is 57.9 Å². The van der Waals surface area contributed by atoms with Gasteiger partial charge in [-0.3, -0.25) is 9.52 Å². The van der Waals surface area contributed by atoms with E-state index in [1.807, 2.05) is 32.0 Å². The molecule has 27 heavy (non-hydrogen) atoms. The summed E-state index contributed by atoms with van der Waals surface area (Å²) in [5.41, 5.74) is 3.05. The van der Waals surface area contributed by atoms with Gasteiger partial charge in [-0.15, -0.1) is 0 Å². The molecule has 140 valence electrons. The van der Waals surface area contributed by atoms with Gasteiger partial charge in [0.2, 0.25) is 0 Å². The van der Waals surface area contributed by atoms with Crippen molar-refractivity contribution in [1.82, 2.24) is 5.16 Å². The molecule has 0 fully saturated rings. The quantitative estimate of drug-likeness (QED) is 0.698. The lowest BCUT2D eigenvalue weighted by molar-refractivity contribution is 0.102. The number of benzene rings is 2. The third-order valence-electron chi connectivity index (χ3n) is 3.93. The third-order valence-corrected chi connectivity index (χ3v) is 5.31. The number of rotatable bonds is 5. The molecule has 0 radical (unpaired) electrons. The summed E-state index contributed by atoms with van der Waals surface area (Å²) in [6.07, 6.45) is 0. The molecule has 1 aromatic heterocycles. The number of nitrogens with one attached hydrogen (secondary N) is 2. The summed E-state index contributed by atoms with van der Waals surface area (Å²) in [5.74, 6) is 0.281. The molecule has 0 saturated carbocycles. The topological polar surface area (TPSA) is 101 Å². The Hall–Kier alpha value is -3.13. The van der Waals surface area contributed by atoms with Crippen molar-refractivity contribution in [2.75, 3.05) is 10.0 Å². The van der Waals surface area contributed by atoms with Crippen molar-refractivity contribution in [1.29, 1.82) is 0 Å². The van der Waals surface area contributed by atoms with Gasteiger partial charge in [-0.05, 0) is 62.2 Å². The van der Waals surface area contributed by atoms with Crippen LogP contribution in [-0.2, 0) is 10.0 Å². The molecular formula is C19H19N3O4S. The van der Waals surface area contributed by atoms with Crippen LogP contribution in [0.3, 0.4) is 0 Å². The first-order chi connectivity index (χ1) is 12.7. The van der Waals surface area contributed by atoms with E-state index in [9.17, 15) is 13.2 Å². The molecule has 1 amide bonds. The van der Waals surface area contributed by atoms with Crippen molar-refractivity contribution < 1.29 is 17.7 Å². The molecular weight excluding hydrogens is 366 g/mol. The first-order valence-corrected chi connectivity index (χ1v) is 9.68. The molecule has 0 bridgehead atoms. The zero-order valence-corrected chi connectivity index (χ0v) is 15.9. The summed E-state index contributed by atoms with van der Waals surface area (Å²) in [6, 6.07) is 12.9. The number of hydrogen-bond donors (Lipinski definition) is 2. The number of nitrogens with zero attached hydrogens (tertiary/aromatic N) is 1. The molecule has 0 aliphatic rings. The third kappa shape index (κ3) is 4.35. The molecule has 0 aliphatic heterocycles. The van der Waals surface area contributed by atoms with Crippen molar-refractivity contribution in [3.8, 4) is 0 Å². The number of carbonyl (C=O) groups is 1. The standard InChI is InChI=1S/C19H19N3O4S/c1-12-4-5-13(2)17(10-12)20-19(23)15-6-8-16(9-7-15)27(24,25)22-18-11-14(3)26-21-18/h4-11H,1-3H3,(H,20,23)(H,21,22). The summed E-state index contributed by atoms with van der Waals surface area (Å²) in [7, 11) is -3.82. The highest BCUT2D eigenvalue weighted by molar-refractivity contribution is 7.92. The smallest absolute Gasteiger partial charge is 0.263 e. The van der Waals surface area contributed by atoms with Gasteiger partial charge in [-0.1, -0.05) is 17.3 Å². The summed E-state index contributed by atoms with van der Waals surface area (Å²) < 4.78 is 31.9. The van der Waals surface area contributed by atoms with E-state index in [1.165, 1.54) is 30.3 Å². The van der Waals surface area contributed by atoms with E-state index >= 15 is 0 Å². The fourth-order valence-corrected chi connectivity index (χ4v) is 3.45. The Labute approximate surface area is 157 Å². The second-order valence-electron chi connectivity index (χ2n) is 6.23. The molecule has 0 aliphatic carbocycles. The number of aryl methyl sites for hydroxylation is 3. The highest BCUT2D eigenvalue weighted by atomic mass is 32.2. The van der Waals surface area contributed by atoms with Crippen LogP contribution in [0.1, 0.15) is 27.2 Å². The van der Waals surface area contributed by atoms with Gasteiger partial charge in [0.25, 0.3) is 15.9 Å². The van der Waals surface area contributed by atoms with Gasteiger partial charge in [0.1, 0.15) is 5.76 Å². The molecule has 0 spiro atoms. The van der Waals surface area contributed by atoms with Crippen LogP contribution in [0.4, 0.5) is 11.5 Å². The molecule has 2 aromatic carbocycles. The maximum atomic E-state index is 12.4. The van der Waals surface area contributed by atoms with E-state index in [2.05, 4.69) is 15.2 Å².